The molecular weight excluding hydrogens is 640 g/mol. The van der Waals surface area contributed by atoms with Gasteiger partial charge >= 0.3 is 0 Å². The topological polar surface area (TPSA) is 102 Å². The Bertz CT molecular complexity index is 2100. The van der Waals surface area contributed by atoms with Crippen LogP contribution >= 0.6 is 23.2 Å². The van der Waals surface area contributed by atoms with E-state index in [9.17, 15) is 9.59 Å². The van der Waals surface area contributed by atoms with Gasteiger partial charge in [-0.3, -0.25) is 14.5 Å². The summed E-state index contributed by atoms with van der Waals surface area (Å²) >= 11 is 12.8. The van der Waals surface area contributed by atoms with Crippen LogP contribution in [0, 0.1) is 5.82 Å². The van der Waals surface area contributed by atoms with E-state index in [-0.39, 0.29) is 24.4 Å². The molecule has 1 fully saturated rings. The first-order chi connectivity index (χ1) is 22.2. The number of anilines is 1. The average Bonchev–Trinajstić information content (AvgIpc) is 3.72. The molecule has 4 atom stereocenters. The maximum absolute atomic E-state index is 16.3. The minimum atomic E-state index is -1.34. The Hall–Kier alpha value is -4.44. The zero-order chi connectivity index (χ0) is 31.9. The first-order valence-electron chi connectivity index (χ1n) is 15.1. The van der Waals surface area contributed by atoms with Gasteiger partial charge in [-0.05, 0) is 66.6 Å². The monoisotopic (exact) mass is 671 g/mol. The Kier molecular flexibility index (Phi) is 7.54. The standard InChI is InChI=1S/C35H28Cl2FN5O3.CH4/c1-2-46-21-6-3-5-18(13-21)16-43-28-17-42-27-12-9-19(32(39)44)14-26(27)40-33(42)29(28)30(22-7-4-8-24(37)31(22)38)35(43)23-11-10-20(36)15-25(23)41-34(35)45;/h3-15,28-30H,2,16-17H2,1H3,(H2,39,44)(H,41,45);1H4/t28-,29+,30-,35+;/m0./s1. The van der Waals surface area contributed by atoms with Gasteiger partial charge in [0.25, 0.3) is 0 Å². The molecule has 4 aromatic carbocycles. The highest BCUT2D eigenvalue weighted by molar-refractivity contribution is 6.31. The number of carbonyl (C=O) groups excluding carboxylic acids is 2. The van der Waals surface area contributed by atoms with Crippen molar-refractivity contribution < 1.29 is 18.7 Å². The van der Waals surface area contributed by atoms with Crippen molar-refractivity contribution in [3.63, 3.8) is 0 Å². The van der Waals surface area contributed by atoms with Crippen LogP contribution in [0.2, 0.25) is 10.0 Å². The molecule has 0 radical (unpaired) electrons. The first kappa shape index (κ1) is 31.2. The van der Waals surface area contributed by atoms with Crippen molar-refractivity contribution in [1.29, 1.82) is 0 Å². The van der Waals surface area contributed by atoms with Crippen molar-refractivity contribution in [3.05, 3.63) is 123 Å². The third kappa shape index (κ3) is 4.47. The van der Waals surface area contributed by atoms with Gasteiger partial charge in [0.05, 0.1) is 22.7 Å². The lowest BCUT2D eigenvalue weighted by atomic mass is 9.71. The third-order valence-electron chi connectivity index (χ3n) is 9.67. The number of halogens is 3. The fourth-order valence-corrected chi connectivity index (χ4v) is 8.34. The molecule has 8 nitrogen and oxygen atoms in total. The zero-order valence-corrected chi connectivity index (χ0v) is 26.1. The summed E-state index contributed by atoms with van der Waals surface area (Å²) in [7, 11) is 0. The van der Waals surface area contributed by atoms with Gasteiger partial charge in [0.15, 0.2) is 0 Å². The average molecular weight is 673 g/mol. The molecule has 2 amide bonds. The van der Waals surface area contributed by atoms with Gasteiger partial charge in [0, 0.05) is 52.8 Å². The molecule has 0 aliphatic carbocycles. The number of nitrogens with one attached hydrogen (secondary N) is 1. The highest BCUT2D eigenvalue weighted by atomic mass is 35.5. The van der Waals surface area contributed by atoms with Gasteiger partial charge in [0.2, 0.25) is 11.8 Å². The van der Waals surface area contributed by atoms with Gasteiger partial charge in [-0.15, -0.1) is 0 Å². The van der Waals surface area contributed by atoms with E-state index in [0.717, 1.165) is 16.8 Å². The molecule has 8 rings (SSSR count). The summed E-state index contributed by atoms with van der Waals surface area (Å²) in [5.41, 5.74) is 8.57. The Morgan fingerprint density at radius 2 is 1.91 bits per heavy atom. The van der Waals surface area contributed by atoms with Gasteiger partial charge in [-0.25, -0.2) is 9.37 Å². The van der Waals surface area contributed by atoms with Gasteiger partial charge in [0.1, 0.15) is 22.9 Å². The Morgan fingerprint density at radius 3 is 2.70 bits per heavy atom. The minimum absolute atomic E-state index is 0. The summed E-state index contributed by atoms with van der Waals surface area (Å²) < 4.78 is 24.3. The van der Waals surface area contributed by atoms with Gasteiger partial charge in [-0.1, -0.05) is 61.0 Å². The van der Waals surface area contributed by atoms with Crippen LogP contribution in [-0.4, -0.2) is 38.9 Å². The predicted octanol–water partition coefficient (Wildman–Crippen LogP) is 7.23. The second-order valence-corrected chi connectivity index (χ2v) is 12.8. The number of aromatic nitrogens is 2. The van der Waals surface area contributed by atoms with Crippen molar-refractivity contribution in [3.8, 4) is 5.75 Å². The fraction of sp³-hybridized carbons (Fsp3) is 0.250. The largest absolute Gasteiger partial charge is 0.494 e. The summed E-state index contributed by atoms with van der Waals surface area (Å²) in [6.07, 6.45) is 0. The van der Waals surface area contributed by atoms with Crippen molar-refractivity contribution in [2.24, 2.45) is 5.73 Å². The molecule has 0 bridgehead atoms. The van der Waals surface area contributed by atoms with E-state index in [1.165, 1.54) is 6.07 Å². The minimum Gasteiger partial charge on any atom is -0.494 e. The number of fused-ring (bicyclic) bond motifs is 7. The quantitative estimate of drug-likeness (QED) is 0.198. The van der Waals surface area contributed by atoms with Gasteiger partial charge in [-0.2, -0.15) is 0 Å². The van der Waals surface area contributed by atoms with Crippen LogP contribution in [0.25, 0.3) is 11.0 Å². The number of rotatable bonds is 6. The number of hydrogen-bond donors (Lipinski definition) is 2. The van der Waals surface area contributed by atoms with Crippen molar-refractivity contribution in [2.75, 3.05) is 11.9 Å². The molecule has 3 aliphatic rings. The molecule has 0 saturated carbocycles. The van der Waals surface area contributed by atoms with Crippen LogP contribution in [-0.2, 0) is 23.4 Å². The fourth-order valence-electron chi connectivity index (χ4n) is 7.99. The van der Waals surface area contributed by atoms with E-state index in [0.29, 0.717) is 58.4 Å². The molecular formula is C36H32Cl2FN5O3. The number of primary amides is 1. The summed E-state index contributed by atoms with van der Waals surface area (Å²) in [5, 5.41) is 3.53. The molecule has 0 unspecified atom stereocenters. The van der Waals surface area contributed by atoms with E-state index in [1.807, 2.05) is 43.3 Å². The van der Waals surface area contributed by atoms with E-state index in [4.69, 9.17) is 38.7 Å². The highest BCUT2D eigenvalue weighted by Crippen LogP contribution is 2.65. The maximum Gasteiger partial charge on any atom is 0.250 e. The Morgan fingerprint density at radius 1 is 1.11 bits per heavy atom. The zero-order valence-electron chi connectivity index (χ0n) is 24.6. The summed E-state index contributed by atoms with van der Waals surface area (Å²) in [5.74, 6) is -1.14. The number of ether oxygens (including phenoxy) is 1. The van der Waals surface area contributed by atoms with E-state index >= 15 is 4.39 Å². The second kappa shape index (κ2) is 11.4. The molecule has 5 aromatic rings. The number of nitrogens with zero attached hydrogens (tertiary/aromatic N) is 3. The van der Waals surface area contributed by atoms with Crippen LogP contribution in [0.4, 0.5) is 10.1 Å². The first-order valence-corrected chi connectivity index (χ1v) is 15.8. The van der Waals surface area contributed by atoms with Crippen LogP contribution in [0.1, 0.15) is 59.1 Å². The number of nitrogens with two attached hydrogens (primary N) is 1. The second-order valence-electron chi connectivity index (χ2n) is 12.0. The molecule has 1 saturated heterocycles. The lowest BCUT2D eigenvalue weighted by molar-refractivity contribution is -0.128. The Balaban J connectivity index is 0.00000351. The number of carbonyl (C=O) groups is 2. The van der Waals surface area contributed by atoms with Gasteiger partial charge < -0.3 is 20.4 Å². The van der Waals surface area contributed by atoms with Crippen LogP contribution in [0.15, 0.2) is 78.9 Å². The van der Waals surface area contributed by atoms with E-state index in [1.54, 1.807) is 36.4 Å². The van der Waals surface area contributed by atoms with Crippen LogP contribution in [0.3, 0.4) is 0 Å². The Labute approximate surface area is 281 Å². The summed E-state index contributed by atoms with van der Waals surface area (Å²) in [6.45, 7) is 3.29. The molecule has 1 aromatic heterocycles. The predicted molar refractivity (Wildman–Crippen MR) is 181 cm³/mol. The van der Waals surface area contributed by atoms with Crippen molar-refractivity contribution in [1.82, 2.24) is 14.5 Å². The molecule has 11 heteroatoms. The van der Waals surface area contributed by atoms with Crippen LogP contribution < -0.4 is 15.8 Å². The number of amides is 2. The lowest BCUT2D eigenvalue weighted by Crippen LogP contribution is -2.52. The summed E-state index contributed by atoms with van der Waals surface area (Å²) in [6, 6.07) is 23.0. The van der Waals surface area contributed by atoms with Crippen molar-refractivity contribution in [2.45, 2.75) is 50.9 Å². The summed E-state index contributed by atoms with van der Waals surface area (Å²) in [4.78, 5) is 33.9. The lowest BCUT2D eigenvalue weighted by Gasteiger charge is -2.40. The van der Waals surface area contributed by atoms with E-state index < -0.39 is 29.1 Å². The third-order valence-corrected chi connectivity index (χ3v) is 10.2. The molecule has 3 aliphatic heterocycles. The SMILES string of the molecule is C.CCOc1cccc(CN2[C@H]3Cn4c(nc5cc(C(N)=O)ccc54)[C@H]3[C@H](c3cccc(Cl)c3F)[C@]23C(=O)Nc2cc(Cl)ccc23)c1. The highest BCUT2D eigenvalue weighted by Gasteiger charge is 2.69. The van der Waals surface area contributed by atoms with Crippen molar-refractivity contribution >= 4 is 51.7 Å². The number of benzene rings is 4. The maximum atomic E-state index is 16.3. The molecule has 47 heavy (non-hydrogen) atoms. The normalized spacial score (nSPS) is 22.6. The smallest absolute Gasteiger partial charge is 0.250 e. The molecule has 3 N–H and O–H groups in total. The molecule has 4 heterocycles. The van der Waals surface area contributed by atoms with Crippen LogP contribution in [0.5, 0.6) is 5.75 Å². The molecule has 1 spiro atoms. The number of hydrogen-bond acceptors (Lipinski definition) is 5. The number of likely N-dealkylation sites (tertiary alicyclic amines) is 1. The molecule has 240 valence electrons. The number of imidazole rings is 1. The van der Waals surface area contributed by atoms with E-state index in [2.05, 4.69) is 14.8 Å².